The maximum atomic E-state index is 11.8. The number of rotatable bonds is 4. The van der Waals surface area contributed by atoms with Crippen molar-refractivity contribution in [2.45, 2.75) is 18.9 Å². The first-order chi connectivity index (χ1) is 10.1. The number of nitrogens with zero attached hydrogens (tertiary/aromatic N) is 2. The minimum absolute atomic E-state index is 0.144. The quantitative estimate of drug-likeness (QED) is 0.905. The number of hydrogen-bond acceptors (Lipinski definition) is 4. The van der Waals surface area contributed by atoms with Gasteiger partial charge in [-0.05, 0) is 31.0 Å². The van der Waals surface area contributed by atoms with E-state index in [1.807, 2.05) is 0 Å². The Morgan fingerprint density at radius 3 is 2.29 bits per heavy atom. The number of anilines is 2. The largest absolute Gasteiger partial charge is 0.349 e. The molecule has 2 N–H and O–H groups in total. The molecule has 2 aromatic rings. The second-order valence-corrected chi connectivity index (χ2v) is 5.70. The molecule has 7 heteroatoms. The standard InChI is InChI=1S/C14H12Cl2N4O/c15-9-3-10(16)5-12(4-9)20-14-17-6-8(7-18-14)13(21)19-11-1-2-11/h3-7,11H,1-2H2,(H,19,21)(H,17,18,20). The van der Waals surface area contributed by atoms with Gasteiger partial charge in [0, 0.05) is 34.2 Å². The fourth-order valence-corrected chi connectivity index (χ4v) is 2.29. The van der Waals surface area contributed by atoms with Gasteiger partial charge < -0.3 is 10.6 Å². The molecular weight excluding hydrogens is 311 g/mol. The van der Waals surface area contributed by atoms with Crippen molar-refractivity contribution in [1.82, 2.24) is 15.3 Å². The topological polar surface area (TPSA) is 66.9 Å². The number of amides is 1. The van der Waals surface area contributed by atoms with E-state index < -0.39 is 0 Å². The van der Waals surface area contributed by atoms with E-state index in [4.69, 9.17) is 23.2 Å². The van der Waals surface area contributed by atoms with Crippen LogP contribution in [0.5, 0.6) is 0 Å². The molecule has 1 heterocycles. The first-order valence-electron chi connectivity index (χ1n) is 6.46. The fourth-order valence-electron chi connectivity index (χ4n) is 1.76. The number of carbonyl (C=O) groups is 1. The van der Waals surface area contributed by atoms with Gasteiger partial charge in [0.05, 0.1) is 5.56 Å². The van der Waals surface area contributed by atoms with Gasteiger partial charge in [-0.1, -0.05) is 23.2 Å². The SMILES string of the molecule is O=C(NC1CC1)c1cnc(Nc2cc(Cl)cc(Cl)c2)nc1. The highest BCUT2D eigenvalue weighted by atomic mass is 35.5. The van der Waals surface area contributed by atoms with Crippen LogP contribution in [0.25, 0.3) is 0 Å². The molecule has 0 atom stereocenters. The molecule has 0 radical (unpaired) electrons. The zero-order chi connectivity index (χ0) is 14.8. The summed E-state index contributed by atoms with van der Waals surface area (Å²) in [6, 6.07) is 5.37. The first kappa shape index (κ1) is 14.1. The van der Waals surface area contributed by atoms with Crippen LogP contribution in [0.3, 0.4) is 0 Å². The maximum absolute atomic E-state index is 11.8. The molecule has 108 valence electrons. The Bertz CT molecular complexity index is 651. The first-order valence-corrected chi connectivity index (χ1v) is 7.22. The molecule has 1 saturated carbocycles. The summed E-state index contributed by atoms with van der Waals surface area (Å²) in [6.07, 6.45) is 5.06. The normalized spacial score (nSPS) is 13.8. The predicted octanol–water partition coefficient (Wildman–Crippen LogP) is 3.42. The Balaban J connectivity index is 1.69. The summed E-state index contributed by atoms with van der Waals surface area (Å²) in [7, 11) is 0. The summed E-state index contributed by atoms with van der Waals surface area (Å²) in [5.41, 5.74) is 1.12. The second kappa shape index (κ2) is 5.87. The Morgan fingerprint density at radius 1 is 1.10 bits per heavy atom. The molecule has 0 bridgehead atoms. The number of carbonyl (C=O) groups excluding carboxylic acids is 1. The molecule has 1 aromatic heterocycles. The molecule has 0 spiro atoms. The Morgan fingerprint density at radius 2 is 1.71 bits per heavy atom. The van der Waals surface area contributed by atoms with E-state index in [0.29, 0.717) is 33.3 Å². The number of nitrogens with one attached hydrogen (secondary N) is 2. The van der Waals surface area contributed by atoms with Gasteiger partial charge in [-0.2, -0.15) is 0 Å². The molecule has 1 aliphatic rings. The molecule has 0 unspecified atom stereocenters. The number of aromatic nitrogens is 2. The van der Waals surface area contributed by atoms with E-state index in [9.17, 15) is 4.79 Å². The lowest BCUT2D eigenvalue weighted by Gasteiger charge is -2.07. The van der Waals surface area contributed by atoms with Gasteiger partial charge in [0.15, 0.2) is 0 Å². The third-order valence-corrected chi connectivity index (χ3v) is 3.38. The van der Waals surface area contributed by atoms with Crippen LogP contribution in [0, 0.1) is 0 Å². The predicted molar refractivity (Wildman–Crippen MR) is 82.3 cm³/mol. The van der Waals surface area contributed by atoms with Gasteiger partial charge in [-0.3, -0.25) is 4.79 Å². The van der Waals surface area contributed by atoms with E-state index in [1.54, 1.807) is 18.2 Å². The molecular formula is C14H12Cl2N4O. The smallest absolute Gasteiger partial charge is 0.254 e. The molecule has 21 heavy (non-hydrogen) atoms. The highest BCUT2D eigenvalue weighted by Gasteiger charge is 2.23. The lowest BCUT2D eigenvalue weighted by molar-refractivity contribution is 0.0950. The van der Waals surface area contributed by atoms with Crippen molar-refractivity contribution in [2.75, 3.05) is 5.32 Å². The Hall–Kier alpha value is -1.85. The maximum Gasteiger partial charge on any atom is 0.254 e. The zero-order valence-electron chi connectivity index (χ0n) is 10.9. The second-order valence-electron chi connectivity index (χ2n) is 4.83. The van der Waals surface area contributed by atoms with Gasteiger partial charge in [-0.25, -0.2) is 9.97 Å². The third-order valence-electron chi connectivity index (χ3n) is 2.95. The van der Waals surface area contributed by atoms with Crippen molar-refractivity contribution in [2.24, 2.45) is 0 Å². The van der Waals surface area contributed by atoms with Gasteiger partial charge in [0.25, 0.3) is 5.91 Å². The van der Waals surface area contributed by atoms with Crippen LogP contribution >= 0.6 is 23.2 Å². The Labute approximate surface area is 131 Å². The van der Waals surface area contributed by atoms with Crippen LogP contribution in [-0.2, 0) is 0 Å². The van der Waals surface area contributed by atoms with Crippen molar-refractivity contribution in [3.05, 3.63) is 46.2 Å². The average molecular weight is 323 g/mol. The number of hydrogen-bond donors (Lipinski definition) is 2. The van der Waals surface area contributed by atoms with E-state index in [-0.39, 0.29) is 5.91 Å². The van der Waals surface area contributed by atoms with Crippen molar-refractivity contribution >= 4 is 40.7 Å². The van der Waals surface area contributed by atoms with Gasteiger partial charge in [-0.15, -0.1) is 0 Å². The molecule has 1 fully saturated rings. The molecule has 1 aliphatic carbocycles. The summed E-state index contributed by atoms with van der Waals surface area (Å²) < 4.78 is 0. The molecule has 0 aliphatic heterocycles. The van der Waals surface area contributed by atoms with Crippen LogP contribution in [0.15, 0.2) is 30.6 Å². The van der Waals surface area contributed by atoms with Crippen LogP contribution in [0.2, 0.25) is 10.0 Å². The molecule has 1 amide bonds. The van der Waals surface area contributed by atoms with Crippen LogP contribution < -0.4 is 10.6 Å². The van der Waals surface area contributed by atoms with Crippen molar-refractivity contribution in [3.8, 4) is 0 Å². The lowest BCUT2D eigenvalue weighted by Crippen LogP contribution is -2.25. The fraction of sp³-hybridized carbons (Fsp3) is 0.214. The molecule has 0 saturated heterocycles. The minimum Gasteiger partial charge on any atom is -0.349 e. The van der Waals surface area contributed by atoms with Crippen molar-refractivity contribution in [3.63, 3.8) is 0 Å². The molecule has 5 nitrogen and oxygen atoms in total. The summed E-state index contributed by atoms with van der Waals surface area (Å²) in [5.74, 6) is 0.228. The van der Waals surface area contributed by atoms with E-state index in [0.717, 1.165) is 12.8 Å². The average Bonchev–Trinajstić information content (AvgIpc) is 3.22. The summed E-state index contributed by atoms with van der Waals surface area (Å²) in [4.78, 5) is 20.0. The summed E-state index contributed by atoms with van der Waals surface area (Å²) >= 11 is 11.8. The molecule has 1 aromatic carbocycles. The lowest BCUT2D eigenvalue weighted by atomic mass is 10.3. The number of benzene rings is 1. The van der Waals surface area contributed by atoms with Gasteiger partial charge in [0.2, 0.25) is 5.95 Å². The highest BCUT2D eigenvalue weighted by molar-refractivity contribution is 6.35. The zero-order valence-corrected chi connectivity index (χ0v) is 12.4. The van der Waals surface area contributed by atoms with Crippen LogP contribution in [0.4, 0.5) is 11.6 Å². The van der Waals surface area contributed by atoms with Gasteiger partial charge >= 0.3 is 0 Å². The molecule has 3 rings (SSSR count). The highest BCUT2D eigenvalue weighted by Crippen LogP contribution is 2.24. The van der Waals surface area contributed by atoms with Crippen LogP contribution in [0.1, 0.15) is 23.2 Å². The van der Waals surface area contributed by atoms with E-state index in [2.05, 4.69) is 20.6 Å². The van der Waals surface area contributed by atoms with E-state index in [1.165, 1.54) is 12.4 Å². The Kier molecular flexibility index (Phi) is 3.94. The van der Waals surface area contributed by atoms with Crippen molar-refractivity contribution < 1.29 is 4.79 Å². The third kappa shape index (κ3) is 3.83. The van der Waals surface area contributed by atoms with Crippen LogP contribution in [-0.4, -0.2) is 21.9 Å². The monoisotopic (exact) mass is 322 g/mol. The van der Waals surface area contributed by atoms with E-state index >= 15 is 0 Å². The van der Waals surface area contributed by atoms with Crippen molar-refractivity contribution in [1.29, 1.82) is 0 Å². The number of halogens is 2. The summed E-state index contributed by atoms with van der Waals surface area (Å²) in [5, 5.41) is 6.90. The minimum atomic E-state index is -0.144. The van der Waals surface area contributed by atoms with Gasteiger partial charge in [0.1, 0.15) is 0 Å². The summed E-state index contributed by atoms with van der Waals surface area (Å²) in [6.45, 7) is 0.